The molecule has 5 heteroatoms. The van der Waals surface area contributed by atoms with Crippen molar-refractivity contribution in [3.63, 3.8) is 0 Å². The molecule has 0 saturated carbocycles. The molecule has 0 radical (unpaired) electrons. The minimum Gasteiger partial charge on any atom is -0.497 e. The van der Waals surface area contributed by atoms with Crippen LogP contribution in [0.1, 0.15) is 40.9 Å². The number of hydrogen-bond acceptors (Lipinski definition) is 4. The van der Waals surface area contributed by atoms with Gasteiger partial charge in [0, 0.05) is 24.3 Å². The van der Waals surface area contributed by atoms with Crippen molar-refractivity contribution in [3.8, 4) is 5.75 Å². The molecule has 140 valence electrons. The number of fused-ring (bicyclic) bond motifs is 1. The molecule has 3 heterocycles. The van der Waals surface area contributed by atoms with Crippen LogP contribution in [-0.4, -0.2) is 55.5 Å². The van der Waals surface area contributed by atoms with Crippen molar-refractivity contribution in [2.75, 3.05) is 39.8 Å². The van der Waals surface area contributed by atoms with Crippen molar-refractivity contribution in [1.29, 1.82) is 0 Å². The lowest BCUT2D eigenvalue weighted by Gasteiger charge is -2.33. The van der Waals surface area contributed by atoms with E-state index in [4.69, 9.17) is 4.74 Å². The van der Waals surface area contributed by atoms with Crippen molar-refractivity contribution < 1.29 is 9.53 Å². The molecule has 2 aromatic rings. The lowest BCUT2D eigenvalue weighted by molar-refractivity contribution is 0.0677. The highest BCUT2D eigenvalue weighted by molar-refractivity contribution is 7.21. The Morgan fingerprint density at radius 2 is 1.92 bits per heavy atom. The Bertz CT molecular complexity index is 787. The van der Waals surface area contributed by atoms with E-state index in [-0.39, 0.29) is 5.91 Å². The second kappa shape index (κ2) is 7.57. The second-order valence-electron chi connectivity index (χ2n) is 7.66. The molecular weight excluding hydrogens is 344 g/mol. The van der Waals surface area contributed by atoms with E-state index in [1.54, 1.807) is 18.4 Å². The third-order valence-electron chi connectivity index (χ3n) is 5.95. The van der Waals surface area contributed by atoms with E-state index in [0.29, 0.717) is 0 Å². The van der Waals surface area contributed by atoms with Gasteiger partial charge >= 0.3 is 0 Å². The van der Waals surface area contributed by atoms with Crippen molar-refractivity contribution in [2.24, 2.45) is 5.92 Å². The predicted molar refractivity (Wildman–Crippen MR) is 107 cm³/mol. The van der Waals surface area contributed by atoms with Gasteiger partial charge < -0.3 is 14.5 Å². The van der Waals surface area contributed by atoms with E-state index in [0.717, 1.165) is 58.1 Å². The summed E-state index contributed by atoms with van der Waals surface area (Å²) in [5.41, 5.74) is 1.09. The third-order valence-corrected chi connectivity index (χ3v) is 7.22. The van der Waals surface area contributed by atoms with Gasteiger partial charge in [0.15, 0.2) is 0 Å². The number of methoxy groups -OCH3 is 1. The fourth-order valence-electron chi connectivity index (χ4n) is 4.32. The highest BCUT2D eigenvalue weighted by atomic mass is 32.1. The van der Waals surface area contributed by atoms with E-state index >= 15 is 0 Å². The molecule has 1 aromatic carbocycles. The molecular formula is C21H28N2O2S. The number of amides is 1. The van der Waals surface area contributed by atoms with Crippen molar-refractivity contribution >= 4 is 27.3 Å². The molecule has 2 aliphatic heterocycles. The summed E-state index contributed by atoms with van der Waals surface area (Å²) in [6.07, 6.45) is 4.99. The number of benzene rings is 1. The molecule has 0 spiro atoms. The quantitative estimate of drug-likeness (QED) is 0.808. The summed E-state index contributed by atoms with van der Waals surface area (Å²) in [6.45, 7) is 7.62. The van der Waals surface area contributed by atoms with Crippen LogP contribution in [0.5, 0.6) is 5.75 Å². The number of thiophene rings is 1. The van der Waals surface area contributed by atoms with Crippen LogP contribution in [0.15, 0.2) is 18.2 Å². The van der Waals surface area contributed by atoms with Gasteiger partial charge in [0.05, 0.1) is 12.0 Å². The molecule has 26 heavy (non-hydrogen) atoms. The number of hydrogen-bond donors (Lipinski definition) is 0. The van der Waals surface area contributed by atoms with Gasteiger partial charge in [-0.1, -0.05) is 0 Å². The van der Waals surface area contributed by atoms with Gasteiger partial charge in [-0.05, 0) is 80.8 Å². The van der Waals surface area contributed by atoms with Crippen LogP contribution in [0.4, 0.5) is 0 Å². The topological polar surface area (TPSA) is 32.8 Å². The van der Waals surface area contributed by atoms with Crippen LogP contribution in [0, 0.1) is 12.8 Å². The number of carbonyl (C=O) groups excluding carboxylic acids is 1. The van der Waals surface area contributed by atoms with Crippen molar-refractivity contribution in [2.45, 2.75) is 32.6 Å². The fraction of sp³-hybridized carbons (Fsp3) is 0.571. The van der Waals surface area contributed by atoms with Gasteiger partial charge in [-0.3, -0.25) is 4.79 Å². The van der Waals surface area contributed by atoms with Crippen LogP contribution in [0.2, 0.25) is 0 Å². The second-order valence-corrected chi connectivity index (χ2v) is 8.71. The molecule has 0 atom stereocenters. The molecule has 1 aromatic heterocycles. The number of nitrogens with zero attached hydrogens (tertiary/aromatic N) is 2. The van der Waals surface area contributed by atoms with Gasteiger partial charge in [-0.15, -0.1) is 11.3 Å². The Balaban J connectivity index is 1.43. The normalized spacial score (nSPS) is 19.4. The number of carbonyl (C=O) groups is 1. The zero-order chi connectivity index (χ0) is 18.1. The van der Waals surface area contributed by atoms with E-state index in [2.05, 4.69) is 22.8 Å². The molecule has 0 unspecified atom stereocenters. The van der Waals surface area contributed by atoms with Crippen molar-refractivity contribution in [3.05, 3.63) is 28.6 Å². The Kier molecular flexibility index (Phi) is 5.18. The Morgan fingerprint density at radius 3 is 2.62 bits per heavy atom. The van der Waals surface area contributed by atoms with E-state index < -0.39 is 0 Å². The average Bonchev–Trinajstić information content (AvgIpc) is 3.29. The lowest BCUT2D eigenvalue weighted by Crippen LogP contribution is -2.41. The standard InChI is InChI=1S/C21H28N2O2S/c1-15-18-13-17(25-2)5-6-19(18)26-20(15)21(24)23-11-7-16(8-12-23)14-22-9-3-4-10-22/h5-6,13,16H,3-4,7-12,14H2,1-2H3. The van der Waals surface area contributed by atoms with Gasteiger partial charge in [-0.2, -0.15) is 0 Å². The van der Waals surface area contributed by atoms with E-state index in [9.17, 15) is 4.79 Å². The fourth-order valence-corrected chi connectivity index (χ4v) is 5.48. The highest BCUT2D eigenvalue weighted by Gasteiger charge is 2.27. The first-order valence-electron chi connectivity index (χ1n) is 9.74. The summed E-state index contributed by atoms with van der Waals surface area (Å²) < 4.78 is 6.50. The summed E-state index contributed by atoms with van der Waals surface area (Å²) in [7, 11) is 1.68. The molecule has 0 bridgehead atoms. The first kappa shape index (κ1) is 17.8. The average molecular weight is 373 g/mol. The van der Waals surface area contributed by atoms with Gasteiger partial charge in [0.1, 0.15) is 5.75 Å². The molecule has 2 aliphatic rings. The maximum Gasteiger partial charge on any atom is 0.264 e. The predicted octanol–water partition coefficient (Wildman–Crippen LogP) is 4.17. The van der Waals surface area contributed by atoms with E-state index in [1.807, 2.05) is 12.1 Å². The molecule has 4 rings (SSSR count). The molecule has 1 amide bonds. The maximum atomic E-state index is 13.1. The van der Waals surface area contributed by atoms with Gasteiger partial charge in [-0.25, -0.2) is 0 Å². The number of aryl methyl sites for hydroxylation is 1. The van der Waals surface area contributed by atoms with Crippen LogP contribution >= 0.6 is 11.3 Å². The van der Waals surface area contributed by atoms with Gasteiger partial charge in [0.2, 0.25) is 0 Å². The summed E-state index contributed by atoms with van der Waals surface area (Å²) in [5.74, 6) is 1.81. The van der Waals surface area contributed by atoms with Crippen LogP contribution in [-0.2, 0) is 0 Å². The number of ether oxygens (including phenoxy) is 1. The largest absolute Gasteiger partial charge is 0.497 e. The zero-order valence-corrected chi connectivity index (χ0v) is 16.6. The number of rotatable bonds is 4. The lowest BCUT2D eigenvalue weighted by atomic mass is 9.96. The van der Waals surface area contributed by atoms with Gasteiger partial charge in [0.25, 0.3) is 5.91 Å². The van der Waals surface area contributed by atoms with E-state index in [1.165, 1.54) is 32.5 Å². The summed E-state index contributed by atoms with van der Waals surface area (Å²) in [4.78, 5) is 18.7. The minimum absolute atomic E-state index is 0.210. The molecule has 0 N–H and O–H groups in total. The van der Waals surface area contributed by atoms with Crippen LogP contribution in [0.25, 0.3) is 10.1 Å². The van der Waals surface area contributed by atoms with Crippen molar-refractivity contribution in [1.82, 2.24) is 9.80 Å². The molecule has 2 fully saturated rings. The minimum atomic E-state index is 0.210. The summed E-state index contributed by atoms with van der Waals surface area (Å²) in [5, 5.41) is 1.14. The van der Waals surface area contributed by atoms with Crippen LogP contribution in [0.3, 0.4) is 0 Å². The molecule has 0 aliphatic carbocycles. The highest BCUT2D eigenvalue weighted by Crippen LogP contribution is 2.34. The SMILES string of the molecule is COc1ccc2sc(C(=O)N3CCC(CN4CCCC4)CC3)c(C)c2c1. The monoisotopic (exact) mass is 372 g/mol. The Labute approximate surface area is 159 Å². The first-order valence-corrected chi connectivity index (χ1v) is 10.6. The number of likely N-dealkylation sites (tertiary alicyclic amines) is 2. The maximum absolute atomic E-state index is 13.1. The Hall–Kier alpha value is -1.59. The summed E-state index contributed by atoms with van der Waals surface area (Å²) in [6, 6.07) is 6.07. The number of piperidine rings is 1. The molecule has 2 saturated heterocycles. The van der Waals surface area contributed by atoms with Crippen LogP contribution < -0.4 is 4.74 Å². The first-order chi connectivity index (χ1) is 12.7. The zero-order valence-electron chi connectivity index (χ0n) is 15.8. The third kappa shape index (κ3) is 3.47. The molecule has 4 nitrogen and oxygen atoms in total. The Morgan fingerprint density at radius 1 is 1.19 bits per heavy atom. The smallest absolute Gasteiger partial charge is 0.264 e. The summed E-state index contributed by atoms with van der Waals surface area (Å²) >= 11 is 1.62.